The van der Waals surface area contributed by atoms with Crippen LogP contribution in [0.4, 0.5) is 11.4 Å². The summed E-state index contributed by atoms with van der Waals surface area (Å²) >= 11 is 1.73. The molecular formula is C15H21N3O2S. The highest BCUT2D eigenvalue weighted by molar-refractivity contribution is 8.14. The Morgan fingerprint density at radius 3 is 2.86 bits per heavy atom. The third-order valence-electron chi connectivity index (χ3n) is 3.59. The summed E-state index contributed by atoms with van der Waals surface area (Å²) in [4.78, 5) is 15.2. The number of rotatable bonds is 5. The molecule has 0 radical (unpaired) electrons. The normalized spacial score (nSPS) is 19.8. The zero-order valence-electron chi connectivity index (χ0n) is 12.7. The van der Waals surface area contributed by atoms with Crippen LogP contribution in [0.25, 0.3) is 0 Å². The standard InChI is InChI=1S/C15H21N3O2S/c1-4-5-6-12-9-21-15(16-12)17-13-7-11(3)14(18(19)20)8-10(13)2/h7-8,12H,4-6,9H2,1-3H3,(H,16,17)/t12-/m0/s1. The quantitative estimate of drug-likeness (QED) is 0.657. The zero-order valence-corrected chi connectivity index (χ0v) is 13.5. The van der Waals surface area contributed by atoms with E-state index in [4.69, 9.17) is 0 Å². The molecule has 0 bridgehead atoms. The fourth-order valence-corrected chi connectivity index (χ4v) is 3.34. The van der Waals surface area contributed by atoms with E-state index in [1.54, 1.807) is 30.8 Å². The topological polar surface area (TPSA) is 67.5 Å². The summed E-state index contributed by atoms with van der Waals surface area (Å²) in [5.74, 6) is 1.05. The Morgan fingerprint density at radius 2 is 2.19 bits per heavy atom. The summed E-state index contributed by atoms with van der Waals surface area (Å²) in [6, 6.07) is 3.89. The molecule has 1 N–H and O–H groups in total. The van der Waals surface area contributed by atoms with Crippen molar-refractivity contribution in [3.8, 4) is 0 Å². The lowest BCUT2D eigenvalue weighted by Crippen LogP contribution is -2.26. The minimum absolute atomic E-state index is 0.157. The summed E-state index contributed by atoms with van der Waals surface area (Å²) < 4.78 is 0. The van der Waals surface area contributed by atoms with Crippen molar-refractivity contribution in [2.24, 2.45) is 4.99 Å². The summed E-state index contributed by atoms with van der Waals surface area (Å²) in [5.41, 5.74) is 2.45. The van der Waals surface area contributed by atoms with Crippen LogP contribution in [0.2, 0.25) is 0 Å². The third-order valence-corrected chi connectivity index (χ3v) is 4.64. The van der Waals surface area contributed by atoms with Crippen molar-refractivity contribution >= 4 is 28.3 Å². The number of thioether (sulfide) groups is 1. The molecule has 1 aromatic rings. The van der Waals surface area contributed by atoms with Crippen LogP contribution < -0.4 is 5.32 Å². The second-order valence-corrected chi connectivity index (χ2v) is 6.40. The number of aryl methyl sites for hydroxylation is 2. The molecule has 6 heteroatoms. The lowest BCUT2D eigenvalue weighted by Gasteiger charge is -2.08. The molecule has 1 atom stereocenters. The Balaban J connectivity index is 2.15. The Labute approximate surface area is 129 Å². The molecule has 1 aliphatic heterocycles. The number of nitro groups is 1. The van der Waals surface area contributed by atoms with Gasteiger partial charge < -0.3 is 5.32 Å². The van der Waals surface area contributed by atoms with Gasteiger partial charge in [-0.1, -0.05) is 31.5 Å². The molecule has 1 fully saturated rings. The maximum absolute atomic E-state index is 10.9. The number of nitrogens with zero attached hydrogens (tertiary/aromatic N) is 2. The first-order chi connectivity index (χ1) is 10.0. The molecule has 1 aliphatic rings. The maximum atomic E-state index is 10.9. The van der Waals surface area contributed by atoms with Gasteiger partial charge >= 0.3 is 0 Å². The SMILES string of the molecule is CCCC[C@H]1CSC(=Nc2cc(C)c([N+](=O)[O-])cc2C)N1. The van der Waals surface area contributed by atoms with E-state index in [-0.39, 0.29) is 10.6 Å². The monoisotopic (exact) mass is 307 g/mol. The van der Waals surface area contributed by atoms with Crippen LogP contribution in [0.5, 0.6) is 0 Å². The minimum atomic E-state index is -0.345. The molecule has 0 aromatic heterocycles. The fourth-order valence-electron chi connectivity index (χ4n) is 2.32. The largest absolute Gasteiger partial charge is 0.361 e. The van der Waals surface area contributed by atoms with Crippen LogP contribution in [-0.2, 0) is 0 Å². The Hall–Kier alpha value is -1.56. The molecule has 0 spiro atoms. The first-order valence-electron chi connectivity index (χ1n) is 7.25. The summed E-state index contributed by atoms with van der Waals surface area (Å²) in [6.07, 6.45) is 3.60. The lowest BCUT2D eigenvalue weighted by molar-refractivity contribution is -0.385. The van der Waals surface area contributed by atoms with Gasteiger partial charge in [-0.05, 0) is 31.9 Å². The van der Waals surface area contributed by atoms with Crippen molar-refractivity contribution in [3.05, 3.63) is 33.4 Å². The average Bonchev–Trinajstić information content (AvgIpc) is 2.87. The molecule has 1 saturated heterocycles. The highest BCUT2D eigenvalue weighted by Gasteiger charge is 2.20. The van der Waals surface area contributed by atoms with Crippen molar-refractivity contribution in [2.75, 3.05) is 5.75 Å². The first kappa shape index (κ1) is 15.8. The lowest BCUT2D eigenvalue weighted by atomic mass is 10.1. The van der Waals surface area contributed by atoms with Crippen LogP contribution in [-0.4, -0.2) is 21.9 Å². The molecule has 1 heterocycles. The number of benzene rings is 1. The van der Waals surface area contributed by atoms with E-state index in [9.17, 15) is 10.1 Å². The van der Waals surface area contributed by atoms with Gasteiger partial charge in [-0.3, -0.25) is 10.1 Å². The van der Waals surface area contributed by atoms with Crippen LogP contribution in [0, 0.1) is 24.0 Å². The van der Waals surface area contributed by atoms with E-state index in [2.05, 4.69) is 17.2 Å². The van der Waals surface area contributed by atoms with E-state index in [0.717, 1.165) is 22.2 Å². The van der Waals surface area contributed by atoms with Gasteiger partial charge in [0.25, 0.3) is 5.69 Å². The molecule has 5 nitrogen and oxygen atoms in total. The fraction of sp³-hybridized carbons (Fsp3) is 0.533. The van der Waals surface area contributed by atoms with Gasteiger partial charge in [-0.25, -0.2) is 4.99 Å². The van der Waals surface area contributed by atoms with Crippen LogP contribution in [0.3, 0.4) is 0 Å². The van der Waals surface area contributed by atoms with E-state index >= 15 is 0 Å². The van der Waals surface area contributed by atoms with E-state index < -0.39 is 0 Å². The predicted molar refractivity (Wildman–Crippen MR) is 88.6 cm³/mol. The van der Waals surface area contributed by atoms with Gasteiger partial charge in [0.2, 0.25) is 0 Å². The van der Waals surface area contributed by atoms with Crippen LogP contribution in [0.1, 0.15) is 37.3 Å². The molecular weight excluding hydrogens is 286 g/mol. The van der Waals surface area contributed by atoms with Crippen molar-refractivity contribution in [3.63, 3.8) is 0 Å². The van der Waals surface area contributed by atoms with Crippen LogP contribution in [0.15, 0.2) is 17.1 Å². The van der Waals surface area contributed by atoms with Crippen molar-refractivity contribution < 1.29 is 4.92 Å². The molecule has 114 valence electrons. The Morgan fingerprint density at radius 1 is 1.43 bits per heavy atom. The molecule has 0 amide bonds. The van der Waals surface area contributed by atoms with E-state index in [1.165, 1.54) is 19.3 Å². The van der Waals surface area contributed by atoms with Crippen molar-refractivity contribution in [1.29, 1.82) is 0 Å². The van der Waals surface area contributed by atoms with Gasteiger partial charge in [-0.15, -0.1) is 0 Å². The summed E-state index contributed by atoms with van der Waals surface area (Å²) in [5, 5.41) is 15.3. The number of amidine groups is 1. The second-order valence-electron chi connectivity index (χ2n) is 5.39. The van der Waals surface area contributed by atoms with E-state index in [0.29, 0.717) is 11.6 Å². The molecule has 0 saturated carbocycles. The van der Waals surface area contributed by atoms with Gasteiger partial charge in [-0.2, -0.15) is 0 Å². The molecule has 21 heavy (non-hydrogen) atoms. The highest BCUT2D eigenvalue weighted by atomic mass is 32.2. The van der Waals surface area contributed by atoms with E-state index in [1.807, 2.05) is 6.92 Å². The Kier molecular flexibility index (Phi) is 5.22. The van der Waals surface area contributed by atoms with Crippen molar-refractivity contribution in [2.45, 2.75) is 46.1 Å². The van der Waals surface area contributed by atoms with Crippen molar-refractivity contribution in [1.82, 2.24) is 5.32 Å². The minimum Gasteiger partial charge on any atom is -0.361 e. The Bertz CT molecular complexity index is 572. The molecule has 2 rings (SSSR count). The predicted octanol–water partition coefficient (Wildman–Crippen LogP) is 4.09. The second kappa shape index (κ2) is 6.93. The maximum Gasteiger partial charge on any atom is 0.272 e. The van der Waals surface area contributed by atoms with Gasteiger partial charge in [0.15, 0.2) is 5.17 Å². The van der Waals surface area contributed by atoms with Gasteiger partial charge in [0.05, 0.1) is 10.6 Å². The molecule has 0 aliphatic carbocycles. The zero-order chi connectivity index (χ0) is 15.4. The molecule has 0 unspecified atom stereocenters. The smallest absolute Gasteiger partial charge is 0.272 e. The number of nitro benzene ring substituents is 1. The third kappa shape index (κ3) is 3.97. The number of hydrogen-bond acceptors (Lipinski definition) is 4. The number of nitrogens with one attached hydrogen (secondary N) is 1. The average molecular weight is 307 g/mol. The van der Waals surface area contributed by atoms with Gasteiger partial charge in [0, 0.05) is 23.4 Å². The highest BCUT2D eigenvalue weighted by Crippen LogP contribution is 2.29. The number of hydrogen-bond donors (Lipinski definition) is 1. The summed E-state index contributed by atoms with van der Waals surface area (Å²) in [7, 11) is 0. The van der Waals surface area contributed by atoms with Gasteiger partial charge in [0.1, 0.15) is 0 Å². The van der Waals surface area contributed by atoms with Crippen LogP contribution >= 0.6 is 11.8 Å². The first-order valence-corrected chi connectivity index (χ1v) is 8.23. The summed E-state index contributed by atoms with van der Waals surface area (Å²) in [6.45, 7) is 5.81. The molecule has 1 aromatic carbocycles. The number of unbranched alkanes of at least 4 members (excludes halogenated alkanes) is 1. The number of aliphatic imine (C=N–C) groups is 1.